The Kier molecular flexibility index (Phi) is 4.05. The average Bonchev–Trinajstić information content (AvgIpc) is 3.23. The van der Waals surface area contributed by atoms with Crippen molar-refractivity contribution in [3.8, 4) is 11.5 Å². The number of nitrogens with two attached hydrogens (primary N) is 1. The van der Waals surface area contributed by atoms with Crippen LogP contribution in [-0.4, -0.2) is 25.4 Å². The van der Waals surface area contributed by atoms with E-state index in [1.165, 1.54) is 12.3 Å². The molecule has 0 radical (unpaired) electrons. The van der Waals surface area contributed by atoms with Gasteiger partial charge >= 0.3 is 0 Å². The second kappa shape index (κ2) is 6.30. The van der Waals surface area contributed by atoms with Gasteiger partial charge in [-0.3, -0.25) is 4.79 Å². The number of amides is 1. The van der Waals surface area contributed by atoms with Crippen molar-refractivity contribution in [1.82, 2.24) is 24.8 Å². The molecule has 3 aromatic rings. The highest BCUT2D eigenvalue weighted by atomic mass is 16.3. The smallest absolute Gasteiger partial charge is 0.270 e. The van der Waals surface area contributed by atoms with E-state index in [0.717, 1.165) is 12.4 Å². The third-order valence-electron chi connectivity index (χ3n) is 3.30. The Balaban J connectivity index is 1.77. The van der Waals surface area contributed by atoms with Crippen molar-refractivity contribution in [1.29, 1.82) is 0 Å². The molecule has 0 aromatic carbocycles. The predicted molar refractivity (Wildman–Crippen MR) is 83.2 cm³/mol. The van der Waals surface area contributed by atoms with Crippen LogP contribution in [0.2, 0.25) is 0 Å². The van der Waals surface area contributed by atoms with E-state index < -0.39 is 0 Å². The standard InChI is InChI=1S/C15H16N6O2/c1-2-21-6-5-17-13(21)9-18-14(22)11-8-10(19-15(16)20-11)12-4-3-7-23-12/h3-8H,2,9H2,1H3,(H,18,22)(H2,16,19,20). The number of carbonyl (C=O) groups is 1. The third-order valence-corrected chi connectivity index (χ3v) is 3.30. The molecule has 0 aliphatic heterocycles. The lowest BCUT2D eigenvalue weighted by Crippen LogP contribution is -2.26. The minimum absolute atomic E-state index is 0.0131. The molecule has 0 aliphatic rings. The molecule has 118 valence electrons. The first-order valence-corrected chi connectivity index (χ1v) is 7.14. The van der Waals surface area contributed by atoms with Gasteiger partial charge in [0, 0.05) is 18.9 Å². The van der Waals surface area contributed by atoms with E-state index in [4.69, 9.17) is 10.2 Å². The second-order valence-electron chi connectivity index (χ2n) is 4.79. The number of rotatable bonds is 5. The van der Waals surface area contributed by atoms with Gasteiger partial charge in [-0.15, -0.1) is 0 Å². The molecule has 0 saturated heterocycles. The summed E-state index contributed by atoms with van der Waals surface area (Å²) in [6.07, 6.45) is 5.08. The number of hydrogen-bond donors (Lipinski definition) is 2. The fraction of sp³-hybridized carbons (Fsp3) is 0.200. The van der Waals surface area contributed by atoms with E-state index in [-0.39, 0.29) is 17.5 Å². The molecule has 1 amide bonds. The number of imidazole rings is 1. The lowest BCUT2D eigenvalue weighted by molar-refractivity contribution is 0.0944. The summed E-state index contributed by atoms with van der Waals surface area (Å²) in [6.45, 7) is 3.10. The van der Waals surface area contributed by atoms with Gasteiger partial charge < -0.3 is 20.0 Å². The van der Waals surface area contributed by atoms with Gasteiger partial charge in [-0.1, -0.05) is 0 Å². The van der Waals surface area contributed by atoms with Crippen LogP contribution in [0.4, 0.5) is 5.95 Å². The summed E-state index contributed by atoms with van der Waals surface area (Å²) in [6, 6.07) is 5.01. The summed E-state index contributed by atoms with van der Waals surface area (Å²) in [7, 11) is 0. The summed E-state index contributed by atoms with van der Waals surface area (Å²) in [5.74, 6) is 0.959. The molecule has 0 aliphatic carbocycles. The van der Waals surface area contributed by atoms with Gasteiger partial charge in [-0.25, -0.2) is 15.0 Å². The van der Waals surface area contributed by atoms with Crippen molar-refractivity contribution in [2.75, 3.05) is 5.73 Å². The van der Waals surface area contributed by atoms with Crippen molar-refractivity contribution >= 4 is 11.9 Å². The van der Waals surface area contributed by atoms with Crippen LogP contribution in [0.3, 0.4) is 0 Å². The average molecular weight is 312 g/mol. The molecule has 8 nitrogen and oxygen atoms in total. The molecular weight excluding hydrogens is 296 g/mol. The molecule has 3 rings (SSSR count). The van der Waals surface area contributed by atoms with Crippen LogP contribution in [0.1, 0.15) is 23.2 Å². The van der Waals surface area contributed by atoms with E-state index in [0.29, 0.717) is 18.0 Å². The molecular formula is C15H16N6O2. The topological polar surface area (TPSA) is 112 Å². The number of aryl methyl sites for hydroxylation is 1. The summed E-state index contributed by atoms with van der Waals surface area (Å²) in [5, 5.41) is 2.78. The molecule has 0 unspecified atom stereocenters. The highest BCUT2D eigenvalue weighted by Gasteiger charge is 2.14. The molecule has 3 aromatic heterocycles. The van der Waals surface area contributed by atoms with Crippen LogP contribution >= 0.6 is 0 Å². The second-order valence-corrected chi connectivity index (χ2v) is 4.79. The number of furan rings is 1. The monoisotopic (exact) mass is 312 g/mol. The molecule has 3 heterocycles. The van der Waals surface area contributed by atoms with E-state index in [9.17, 15) is 4.79 Å². The van der Waals surface area contributed by atoms with E-state index in [1.807, 2.05) is 17.7 Å². The van der Waals surface area contributed by atoms with Crippen LogP contribution < -0.4 is 11.1 Å². The number of nitrogens with zero attached hydrogens (tertiary/aromatic N) is 4. The molecule has 0 bridgehead atoms. The quantitative estimate of drug-likeness (QED) is 0.737. The molecule has 0 atom stereocenters. The van der Waals surface area contributed by atoms with Gasteiger partial charge in [0.15, 0.2) is 5.76 Å². The minimum Gasteiger partial charge on any atom is -0.463 e. The van der Waals surface area contributed by atoms with Gasteiger partial charge in [0.2, 0.25) is 5.95 Å². The van der Waals surface area contributed by atoms with Crippen molar-refractivity contribution in [2.24, 2.45) is 0 Å². The van der Waals surface area contributed by atoms with Crippen molar-refractivity contribution in [2.45, 2.75) is 20.0 Å². The van der Waals surface area contributed by atoms with Crippen LogP contribution in [0.25, 0.3) is 11.5 Å². The highest BCUT2D eigenvalue weighted by Crippen LogP contribution is 2.18. The Morgan fingerprint density at radius 1 is 1.43 bits per heavy atom. The maximum absolute atomic E-state index is 12.3. The van der Waals surface area contributed by atoms with Crippen molar-refractivity contribution < 1.29 is 9.21 Å². The molecule has 0 saturated carbocycles. The number of hydrogen-bond acceptors (Lipinski definition) is 6. The number of carbonyl (C=O) groups excluding carboxylic acids is 1. The maximum Gasteiger partial charge on any atom is 0.270 e. The summed E-state index contributed by atoms with van der Waals surface area (Å²) in [4.78, 5) is 24.5. The van der Waals surface area contributed by atoms with E-state index in [2.05, 4.69) is 20.3 Å². The van der Waals surface area contributed by atoms with Crippen LogP contribution in [0.5, 0.6) is 0 Å². The minimum atomic E-state index is -0.349. The number of nitrogen functional groups attached to an aromatic ring is 1. The van der Waals surface area contributed by atoms with Gasteiger partial charge in [0.25, 0.3) is 5.91 Å². The van der Waals surface area contributed by atoms with Crippen molar-refractivity contribution in [3.63, 3.8) is 0 Å². The molecule has 0 spiro atoms. The Hall–Kier alpha value is -3.16. The lowest BCUT2D eigenvalue weighted by Gasteiger charge is -2.07. The zero-order valence-corrected chi connectivity index (χ0v) is 12.6. The normalized spacial score (nSPS) is 10.7. The van der Waals surface area contributed by atoms with E-state index >= 15 is 0 Å². The largest absolute Gasteiger partial charge is 0.463 e. The summed E-state index contributed by atoms with van der Waals surface area (Å²) >= 11 is 0. The predicted octanol–water partition coefficient (Wildman–Crippen LogP) is 1.47. The first kappa shape index (κ1) is 14.8. The van der Waals surface area contributed by atoms with Gasteiger partial charge in [0.1, 0.15) is 17.2 Å². The van der Waals surface area contributed by atoms with Crippen LogP contribution in [-0.2, 0) is 13.1 Å². The van der Waals surface area contributed by atoms with Crippen LogP contribution in [0.15, 0.2) is 41.3 Å². The van der Waals surface area contributed by atoms with E-state index in [1.54, 1.807) is 18.3 Å². The number of aromatic nitrogens is 4. The summed E-state index contributed by atoms with van der Waals surface area (Å²) in [5.41, 5.74) is 6.32. The van der Waals surface area contributed by atoms with Gasteiger partial charge in [0.05, 0.1) is 12.8 Å². The molecule has 23 heavy (non-hydrogen) atoms. The lowest BCUT2D eigenvalue weighted by atomic mass is 10.2. The fourth-order valence-electron chi connectivity index (χ4n) is 2.18. The van der Waals surface area contributed by atoms with Crippen molar-refractivity contribution in [3.05, 3.63) is 48.4 Å². The Morgan fingerprint density at radius 2 is 2.30 bits per heavy atom. The van der Waals surface area contributed by atoms with Gasteiger partial charge in [-0.2, -0.15) is 0 Å². The molecule has 8 heteroatoms. The number of nitrogens with one attached hydrogen (secondary N) is 1. The molecule has 3 N–H and O–H groups in total. The SMILES string of the molecule is CCn1ccnc1CNC(=O)c1cc(-c2ccco2)nc(N)n1. The first-order chi connectivity index (χ1) is 11.2. The Morgan fingerprint density at radius 3 is 3.04 bits per heavy atom. The zero-order valence-electron chi connectivity index (χ0n) is 12.6. The zero-order chi connectivity index (χ0) is 16.2. The maximum atomic E-state index is 12.3. The Labute approximate surface area is 132 Å². The molecule has 0 fully saturated rings. The van der Waals surface area contributed by atoms with Gasteiger partial charge in [-0.05, 0) is 25.1 Å². The fourth-order valence-corrected chi connectivity index (χ4v) is 2.18. The first-order valence-electron chi connectivity index (χ1n) is 7.14. The Bertz CT molecular complexity index is 809. The highest BCUT2D eigenvalue weighted by molar-refractivity contribution is 5.93. The third kappa shape index (κ3) is 3.20. The summed E-state index contributed by atoms with van der Waals surface area (Å²) < 4.78 is 7.21. The van der Waals surface area contributed by atoms with Crippen LogP contribution in [0, 0.1) is 0 Å². The number of anilines is 1.